The van der Waals surface area contributed by atoms with Gasteiger partial charge in [-0.1, -0.05) is 0 Å². The highest BCUT2D eigenvalue weighted by atomic mass is 36.2. The van der Waals surface area contributed by atoms with Crippen LogP contribution in [0.2, 0.25) is 0 Å². The van der Waals surface area contributed by atoms with Crippen molar-refractivity contribution in [3.63, 3.8) is 0 Å². The van der Waals surface area contributed by atoms with E-state index in [-0.39, 0.29) is 0 Å². The fourth-order valence-corrected chi connectivity index (χ4v) is 6.02. The molecule has 0 spiro atoms. The molecule has 0 radical (unpaired) electrons. The lowest BCUT2D eigenvalue weighted by Gasteiger charge is -2.18. The minimum Gasteiger partial charge on any atom is -0.136 e. The van der Waals surface area contributed by atoms with Crippen LogP contribution in [-0.4, -0.2) is 10.2 Å². The van der Waals surface area contributed by atoms with Crippen LogP contribution in [0.5, 0.6) is 0 Å². The van der Waals surface area contributed by atoms with Gasteiger partial charge in [0, 0.05) is 15.3 Å². The van der Waals surface area contributed by atoms with Crippen molar-refractivity contribution in [2.45, 2.75) is 0 Å². The first kappa shape index (κ1) is 13.8. The molecule has 0 aromatic heterocycles. The van der Waals surface area contributed by atoms with Gasteiger partial charge in [0.25, 0.3) is 0 Å². The van der Waals surface area contributed by atoms with Crippen molar-refractivity contribution in [2.24, 2.45) is 0 Å². The van der Waals surface area contributed by atoms with Crippen LogP contribution in [-0.2, 0) is 0 Å². The number of hydrogen-bond donors (Lipinski definition) is 0. The second-order valence-corrected chi connectivity index (χ2v) is 18.1. The smallest absolute Gasteiger partial charge is 0.0631 e. The Hall–Kier alpha value is 2.79. The summed E-state index contributed by atoms with van der Waals surface area (Å²) in [6.45, 7) is 0. The highest BCUT2D eigenvalue weighted by molar-refractivity contribution is 8.83. The predicted octanol–water partition coefficient (Wildman–Crippen LogP) is 6.17. The van der Waals surface area contributed by atoms with Gasteiger partial charge in [-0.2, -0.15) is 0 Å². The Balaban J connectivity index is 3.44. The van der Waals surface area contributed by atoms with Gasteiger partial charge in [0.1, 0.15) is 0 Å². The molecule has 0 aromatic rings. The lowest BCUT2D eigenvalue weighted by Crippen LogP contribution is -1.81. The molecule has 0 saturated carbocycles. The van der Waals surface area contributed by atoms with Crippen LogP contribution in [0.25, 0.3) is 0 Å². The zero-order chi connectivity index (χ0) is 9.12. The fourth-order valence-electron chi connectivity index (χ4n) is 0.223. The lowest BCUT2D eigenvalue weighted by atomic mass is 11.9. The molecule has 0 aliphatic carbocycles. The molecule has 0 fully saturated rings. The van der Waals surface area contributed by atoms with E-state index in [1.807, 2.05) is 0 Å². The molecular formula is C2H4Cl6S3. The van der Waals surface area contributed by atoms with Crippen LogP contribution < -0.4 is 0 Å². The first-order valence-electron chi connectivity index (χ1n) is 2.08. The van der Waals surface area contributed by atoms with Crippen molar-refractivity contribution in [3.8, 4) is 0 Å². The minimum atomic E-state index is -2.03. The highest BCUT2D eigenvalue weighted by Crippen LogP contribution is 2.69. The van der Waals surface area contributed by atoms with Crippen molar-refractivity contribution in [1.82, 2.24) is 0 Å². The van der Waals surface area contributed by atoms with Gasteiger partial charge in [-0.15, -0.1) is 11.8 Å². The zero-order valence-electron chi connectivity index (χ0n) is 4.91. The molecule has 0 aromatic carbocycles. The molecule has 0 saturated heterocycles. The maximum absolute atomic E-state index is 5.54. The molecule has 0 rings (SSSR count). The Morgan fingerprint density at radius 3 is 1.18 bits per heavy atom. The maximum atomic E-state index is 5.54. The predicted molar refractivity (Wildman–Crippen MR) is 67.6 cm³/mol. The van der Waals surface area contributed by atoms with Crippen molar-refractivity contribution >= 4 is 91.2 Å². The third kappa shape index (κ3) is 12.8. The Bertz CT molecular complexity index is 100.0. The van der Waals surface area contributed by atoms with Crippen LogP contribution >= 0.6 is 91.2 Å². The molecular weight excluding hydrogens is 333 g/mol. The van der Waals surface area contributed by atoms with Crippen molar-refractivity contribution < 1.29 is 0 Å². The molecule has 9 heteroatoms. The van der Waals surface area contributed by atoms with Gasteiger partial charge < -0.3 is 0 Å². The number of rotatable bonds is 4. The molecule has 72 valence electrons. The quantitative estimate of drug-likeness (QED) is 0.591. The van der Waals surface area contributed by atoms with Gasteiger partial charge in [0.2, 0.25) is 0 Å². The summed E-state index contributed by atoms with van der Waals surface area (Å²) in [6.07, 6.45) is 0. The molecule has 0 unspecified atom stereocenters. The SMILES string of the molecule is ClS(Cl)(Cl)CSCS(Cl)(Cl)Cl. The summed E-state index contributed by atoms with van der Waals surface area (Å²) in [5.41, 5.74) is 0. The second kappa shape index (κ2) is 5.62. The molecule has 0 atom stereocenters. The zero-order valence-corrected chi connectivity index (χ0v) is 11.9. The molecule has 0 aliphatic rings. The van der Waals surface area contributed by atoms with Crippen LogP contribution in [0, 0.1) is 0 Å². The first-order valence-corrected chi connectivity index (χ1v) is 11.8. The maximum Gasteiger partial charge on any atom is 0.0631 e. The molecule has 11 heavy (non-hydrogen) atoms. The average Bonchev–Trinajstić information content (AvgIpc) is 1.55. The van der Waals surface area contributed by atoms with Crippen LogP contribution in [0.4, 0.5) is 0 Å². The Kier molecular flexibility index (Phi) is 7.04. The summed E-state index contributed by atoms with van der Waals surface area (Å²) < 4.78 is 0. The van der Waals surface area contributed by atoms with E-state index in [0.29, 0.717) is 10.2 Å². The lowest BCUT2D eigenvalue weighted by molar-refractivity contribution is 2.17. The van der Waals surface area contributed by atoms with E-state index in [2.05, 4.69) is 0 Å². The minimum absolute atomic E-state index is 0.415. The summed E-state index contributed by atoms with van der Waals surface area (Å²) in [5, 5.41) is 0.831. The first-order chi connectivity index (χ1) is 4.71. The molecule has 0 amide bonds. The van der Waals surface area contributed by atoms with Gasteiger partial charge in [-0.3, -0.25) is 0 Å². The molecule has 0 heterocycles. The third-order valence-corrected chi connectivity index (χ3v) is 8.72. The Morgan fingerprint density at radius 1 is 0.727 bits per heavy atom. The summed E-state index contributed by atoms with van der Waals surface area (Å²) in [5.74, 6) is 0. The molecule has 0 bridgehead atoms. The topological polar surface area (TPSA) is 0 Å². The number of hydrogen-bond acceptors (Lipinski definition) is 1. The normalized spacial score (nSPS) is 16.5. The van der Waals surface area contributed by atoms with Crippen LogP contribution in [0.1, 0.15) is 0 Å². The van der Waals surface area contributed by atoms with Crippen molar-refractivity contribution in [3.05, 3.63) is 0 Å². The summed E-state index contributed by atoms with van der Waals surface area (Å²) in [6, 6.07) is 0. The number of halogens is 6. The Morgan fingerprint density at radius 2 is 1.00 bits per heavy atom. The van der Waals surface area contributed by atoms with Crippen molar-refractivity contribution in [1.29, 1.82) is 0 Å². The van der Waals surface area contributed by atoms with E-state index in [4.69, 9.17) is 64.1 Å². The summed E-state index contributed by atoms with van der Waals surface area (Å²) >= 11 is 1.35. The van der Waals surface area contributed by atoms with Gasteiger partial charge in [0.05, 0.1) is 10.2 Å². The molecule has 0 aliphatic heterocycles. The largest absolute Gasteiger partial charge is 0.136 e. The van der Waals surface area contributed by atoms with Crippen LogP contribution in [0.3, 0.4) is 0 Å². The summed E-state index contributed by atoms with van der Waals surface area (Å²) in [4.78, 5) is 0. The van der Waals surface area contributed by atoms with Gasteiger partial charge in [0.15, 0.2) is 0 Å². The van der Waals surface area contributed by atoms with E-state index >= 15 is 0 Å². The fraction of sp³-hybridized carbons (Fsp3) is 1.00. The second-order valence-electron chi connectivity index (χ2n) is 1.44. The van der Waals surface area contributed by atoms with Crippen molar-refractivity contribution in [2.75, 3.05) is 10.2 Å². The van der Waals surface area contributed by atoms with Gasteiger partial charge >= 0.3 is 0 Å². The standard InChI is InChI=1S/C2H4Cl6S3/c3-10(4,5)1-9-2-11(6,7)8/h1-2H2. The number of thioether (sulfide) groups is 1. The van der Waals surface area contributed by atoms with E-state index in [1.165, 1.54) is 11.8 Å². The average molecular weight is 337 g/mol. The van der Waals surface area contributed by atoms with E-state index in [1.54, 1.807) is 0 Å². The monoisotopic (exact) mass is 334 g/mol. The van der Waals surface area contributed by atoms with E-state index in [0.717, 1.165) is 0 Å². The van der Waals surface area contributed by atoms with E-state index < -0.39 is 15.3 Å². The third-order valence-electron chi connectivity index (χ3n) is 0.434. The Labute approximate surface area is 100 Å². The molecule has 0 nitrogen and oxygen atoms in total. The van der Waals surface area contributed by atoms with Gasteiger partial charge in [-0.25, -0.2) is 0 Å². The van der Waals surface area contributed by atoms with E-state index in [9.17, 15) is 0 Å². The highest BCUT2D eigenvalue weighted by Gasteiger charge is 2.18. The van der Waals surface area contributed by atoms with Crippen LogP contribution in [0.15, 0.2) is 0 Å². The van der Waals surface area contributed by atoms with Gasteiger partial charge in [-0.05, 0) is 64.1 Å². The summed E-state index contributed by atoms with van der Waals surface area (Å²) in [7, 11) is 29.2. The molecule has 0 N–H and O–H groups in total.